The molecule has 2 saturated heterocycles. The largest absolute Gasteiger partial charge is 0.364 e. The number of hydrogen-bond donors (Lipinski definition) is 0. The van der Waals surface area contributed by atoms with Gasteiger partial charge in [0.15, 0.2) is 11.4 Å². The summed E-state index contributed by atoms with van der Waals surface area (Å²) in [6, 6.07) is 20.9. The second-order valence-electron chi connectivity index (χ2n) is 7.72. The van der Waals surface area contributed by atoms with Crippen LogP contribution in [0.5, 0.6) is 0 Å². The van der Waals surface area contributed by atoms with Gasteiger partial charge in [0.05, 0.1) is 6.61 Å². The van der Waals surface area contributed by atoms with Gasteiger partial charge in [0.1, 0.15) is 5.60 Å². The van der Waals surface area contributed by atoms with E-state index in [4.69, 9.17) is 14.2 Å². The normalized spacial score (nSPS) is 36.3. The maximum Gasteiger partial charge on any atom is 0.200 e. The van der Waals surface area contributed by atoms with Crippen LogP contribution in [0.3, 0.4) is 0 Å². The van der Waals surface area contributed by atoms with Crippen LogP contribution in [-0.2, 0) is 25.4 Å². The highest BCUT2D eigenvalue weighted by atomic mass is 16.7. The SMILES string of the molecule is CO[C@@]1(C)O[C@@]2(c3ccccc3)CCO[C@]1(c1ccccc1)C2(C)C. The van der Waals surface area contributed by atoms with Crippen molar-refractivity contribution in [2.45, 2.75) is 44.2 Å². The molecule has 4 rings (SSSR count). The number of methoxy groups -OCH3 is 1. The monoisotopic (exact) mass is 338 g/mol. The summed E-state index contributed by atoms with van der Waals surface area (Å²) >= 11 is 0. The van der Waals surface area contributed by atoms with Crippen LogP contribution in [0.25, 0.3) is 0 Å². The van der Waals surface area contributed by atoms with Crippen LogP contribution in [0.2, 0.25) is 0 Å². The van der Waals surface area contributed by atoms with Crippen LogP contribution in [-0.4, -0.2) is 19.5 Å². The molecule has 0 amide bonds. The fourth-order valence-corrected chi connectivity index (χ4v) is 5.24. The smallest absolute Gasteiger partial charge is 0.200 e. The Morgan fingerprint density at radius 1 is 0.840 bits per heavy atom. The van der Waals surface area contributed by atoms with Gasteiger partial charge in [-0.2, -0.15) is 0 Å². The van der Waals surface area contributed by atoms with Gasteiger partial charge < -0.3 is 14.2 Å². The first-order chi connectivity index (χ1) is 11.9. The lowest BCUT2D eigenvalue weighted by Crippen LogP contribution is -2.59. The molecule has 25 heavy (non-hydrogen) atoms. The molecular formula is C22H26O3. The molecule has 0 saturated carbocycles. The zero-order valence-corrected chi connectivity index (χ0v) is 15.4. The summed E-state index contributed by atoms with van der Waals surface area (Å²) in [5.41, 5.74) is 0.800. The zero-order chi connectivity index (χ0) is 17.8. The minimum Gasteiger partial charge on any atom is -0.364 e. The molecule has 2 bridgehead atoms. The maximum atomic E-state index is 6.82. The van der Waals surface area contributed by atoms with E-state index in [0.29, 0.717) is 6.61 Å². The van der Waals surface area contributed by atoms with Crippen LogP contribution in [0.4, 0.5) is 0 Å². The van der Waals surface area contributed by atoms with E-state index in [2.05, 4.69) is 62.4 Å². The van der Waals surface area contributed by atoms with Crippen molar-refractivity contribution >= 4 is 0 Å². The van der Waals surface area contributed by atoms with Crippen molar-refractivity contribution in [3.05, 3.63) is 71.8 Å². The first-order valence-corrected chi connectivity index (χ1v) is 8.94. The molecule has 2 aliphatic heterocycles. The van der Waals surface area contributed by atoms with Crippen LogP contribution in [0.15, 0.2) is 60.7 Å². The van der Waals surface area contributed by atoms with Crippen molar-refractivity contribution in [3.63, 3.8) is 0 Å². The van der Waals surface area contributed by atoms with Gasteiger partial charge >= 0.3 is 0 Å². The summed E-state index contributed by atoms with van der Waals surface area (Å²) in [6.07, 6.45) is 0.803. The Balaban J connectivity index is 2.01. The van der Waals surface area contributed by atoms with E-state index in [9.17, 15) is 0 Å². The number of benzene rings is 2. The van der Waals surface area contributed by atoms with E-state index < -0.39 is 17.0 Å². The highest BCUT2D eigenvalue weighted by Crippen LogP contribution is 2.70. The molecule has 2 aromatic carbocycles. The summed E-state index contributed by atoms with van der Waals surface area (Å²) in [7, 11) is 1.71. The van der Waals surface area contributed by atoms with Crippen LogP contribution >= 0.6 is 0 Å². The standard InChI is InChI=1S/C22H26O3/c1-19(2)21(17-11-7-5-8-12-17)15-16-24-22(19,20(3,23-4)25-21)18-13-9-6-10-14-18/h5-14H,15-16H2,1-4H3/t20-,21+,22+/m0/s1. The summed E-state index contributed by atoms with van der Waals surface area (Å²) < 4.78 is 19.4. The fourth-order valence-electron chi connectivity index (χ4n) is 5.24. The predicted octanol–water partition coefficient (Wildman–Crippen LogP) is 4.62. The molecule has 2 fully saturated rings. The maximum absolute atomic E-state index is 6.82. The first-order valence-electron chi connectivity index (χ1n) is 8.94. The predicted molar refractivity (Wildman–Crippen MR) is 97.1 cm³/mol. The van der Waals surface area contributed by atoms with Crippen LogP contribution in [0.1, 0.15) is 38.3 Å². The average molecular weight is 338 g/mol. The van der Waals surface area contributed by atoms with Crippen molar-refractivity contribution in [1.82, 2.24) is 0 Å². The summed E-state index contributed by atoms with van der Waals surface area (Å²) in [5.74, 6) is -0.885. The molecular weight excluding hydrogens is 312 g/mol. The van der Waals surface area contributed by atoms with Gasteiger partial charge in [-0.1, -0.05) is 74.5 Å². The van der Waals surface area contributed by atoms with Gasteiger partial charge in [-0.3, -0.25) is 0 Å². The second-order valence-corrected chi connectivity index (χ2v) is 7.72. The van der Waals surface area contributed by atoms with E-state index in [1.54, 1.807) is 7.11 Å². The Bertz CT molecular complexity index is 757. The number of rotatable bonds is 3. The van der Waals surface area contributed by atoms with Gasteiger partial charge in [0.2, 0.25) is 0 Å². The number of hydrogen-bond acceptors (Lipinski definition) is 3. The lowest BCUT2D eigenvalue weighted by Gasteiger charge is -2.53. The Morgan fingerprint density at radius 2 is 1.40 bits per heavy atom. The molecule has 0 spiro atoms. The molecule has 0 aliphatic carbocycles. The Hall–Kier alpha value is -1.68. The average Bonchev–Trinajstić information content (AvgIpc) is 2.74. The minimum atomic E-state index is -0.885. The molecule has 2 aromatic rings. The third-order valence-corrected chi connectivity index (χ3v) is 6.48. The van der Waals surface area contributed by atoms with E-state index in [1.165, 1.54) is 5.56 Å². The topological polar surface area (TPSA) is 27.7 Å². The Morgan fingerprint density at radius 3 is 1.96 bits per heavy atom. The molecule has 0 unspecified atom stereocenters. The van der Waals surface area contributed by atoms with Gasteiger partial charge in [-0.05, 0) is 18.1 Å². The van der Waals surface area contributed by atoms with Gasteiger partial charge in [0.25, 0.3) is 0 Å². The lowest BCUT2D eigenvalue weighted by molar-refractivity contribution is -0.285. The molecule has 3 heteroatoms. The van der Waals surface area contributed by atoms with Crippen molar-refractivity contribution in [2.24, 2.45) is 5.41 Å². The Labute approximate surface area is 149 Å². The van der Waals surface area contributed by atoms with Crippen molar-refractivity contribution in [3.8, 4) is 0 Å². The summed E-state index contributed by atoms with van der Waals surface area (Å²) in [5, 5.41) is 0. The minimum absolute atomic E-state index is 0.328. The van der Waals surface area contributed by atoms with Crippen molar-refractivity contribution < 1.29 is 14.2 Å². The summed E-state index contributed by atoms with van der Waals surface area (Å²) in [4.78, 5) is 0. The highest BCUT2D eigenvalue weighted by Gasteiger charge is 2.78. The van der Waals surface area contributed by atoms with Crippen molar-refractivity contribution in [2.75, 3.05) is 13.7 Å². The molecule has 2 aliphatic rings. The molecule has 0 aromatic heterocycles. The lowest BCUT2D eigenvalue weighted by atomic mass is 9.57. The molecule has 0 N–H and O–H groups in total. The first kappa shape index (κ1) is 16.8. The van der Waals surface area contributed by atoms with Crippen LogP contribution < -0.4 is 0 Å². The van der Waals surface area contributed by atoms with Gasteiger partial charge in [-0.15, -0.1) is 0 Å². The molecule has 0 radical (unpaired) electrons. The van der Waals surface area contributed by atoms with Crippen LogP contribution in [0, 0.1) is 5.41 Å². The summed E-state index contributed by atoms with van der Waals surface area (Å²) in [6.45, 7) is 7.14. The zero-order valence-electron chi connectivity index (χ0n) is 15.4. The van der Waals surface area contributed by atoms with Crippen molar-refractivity contribution in [1.29, 1.82) is 0 Å². The quantitative estimate of drug-likeness (QED) is 0.817. The third-order valence-electron chi connectivity index (χ3n) is 6.48. The van der Waals surface area contributed by atoms with E-state index in [-0.39, 0.29) is 5.41 Å². The van der Waals surface area contributed by atoms with E-state index in [1.807, 2.05) is 19.1 Å². The molecule has 3 atom stereocenters. The van der Waals surface area contributed by atoms with Gasteiger partial charge in [0, 0.05) is 18.9 Å². The highest BCUT2D eigenvalue weighted by molar-refractivity contribution is 5.39. The molecule has 3 nitrogen and oxygen atoms in total. The third kappa shape index (κ3) is 1.86. The second kappa shape index (κ2) is 5.41. The van der Waals surface area contributed by atoms with Gasteiger partial charge in [-0.25, -0.2) is 0 Å². The number of fused-ring (bicyclic) bond motifs is 2. The number of ether oxygens (including phenoxy) is 3. The molecule has 132 valence electrons. The van der Waals surface area contributed by atoms with E-state index in [0.717, 1.165) is 12.0 Å². The fraction of sp³-hybridized carbons (Fsp3) is 0.455. The Kier molecular flexibility index (Phi) is 3.63. The van der Waals surface area contributed by atoms with E-state index >= 15 is 0 Å². The molecule has 2 heterocycles.